The van der Waals surface area contributed by atoms with E-state index >= 15 is 0 Å². The zero-order chi connectivity index (χ0) is 5.28. The normalized spacial score (nSPS) is 8.25. The number of hydrogen-bond acceptors (Lipinski definition) is 5. The molecule has 39 valence electrons. The maximum atomic E-state index is 3.90. The zero-order valence-corrected chi connectivity index (χ0v) is 8.80. The quantitative estimate of drug-likeness (QED) is 0.447. The SMILES string of the molecule is Sc1nsc(S)n1.[Na]. The predicted octanol–water partition coefficient (Wildman–Crippen LogP) is 0.735. The molecule has 0 aliphatic carbocycles. The average Bonchev–Trinajstić information content (AvgIpc) is 1.87. The van der Waals surface area contributed by atoms with Crippen molar-refractivity contribution in [2.75, 3.05) is 0 Å². The van der Waals surface area contributed by atoms with Gasteiger partial charge in [0.1, 0.15) is 0 Å². The Morgan fingerprint density at radius 2 is 2.00 bits per heavy atom. The van der Waals surface area contributed by atoms with Crippen LogP contribution in [0.5, 0.6) is 0 Å². The van der Waals surface area contributed by atoms with Crippen molar-refractivity contribution in [2.45, 2.75) is 9.50 Å². The molecule has 2 nitrogen and oxygen atoms in total. The molecule has 0 spiro atoms. The smallest absolute Gasteiger partial charge is 0.198 e. The summed E-state index contributed by atoms with van der Waals surface area (Å²) in [7, 11) is 0. The molecule has 0 aliphatic heterocycles. The van der Waals surface area contributed by atoms with Crippen LogP contribution in [0.4, 0.5) is 0 Å². The molecular weight excluding hydrogens is 171 g/mol. The van der Waals surface area contributed by atoms with Crippen LogP contribution in [-0.4, -0.2) is 38.9 Å². The summed E-state index contributed by atoms with van der Waals surface area (Å²) >= 11 is 8.98. The third-order valence-electron chi connectivity index (χ3n) is 0.405. The van der Waals surface area contributed by atoms with Crippen molar-refractivity contribution >= 4 is 66.3 Å². The minimum Gasteiger partial charge on any atom is -0.203 e. The van der Waals surface area contributed by atoms with E-state index in [0.29, 0.717) is 9.50 Å². The van der Waals surface area contributed by atoms with Gasteiger partial charge in [0.2, 0.25) is 0 Å². The molecule has 0 bridgehead atoms. The van der Waals surface area contributed by atoms with Gasteiger partial charge in [-0.25, -0.2) is 4.98 Å². The maximum Gasteiger partial charge on any atom is 0.198 e. The van der Waals surface area contributed by atoms with Gasteiger partial charge < -0.3 is 0 Å². The van der Waals surface area contributed by atoms with Crippen molar-refractivity contribution in [3.05, 3.63) is 0 Å². The second kappa shape index (κ2) is 4.14. The molecule has 0 fully saturated rings. The number of rotatable bonds is 0. The van der Waals surface area contributed by atoms with Crippen molar-refractivity contribution in [1.29, 1.82) is 0 Å². The molecule has 1 aromatic heterocycles. The summed E-state index contributed by atoms with van der Waals surface area (Å²) < 4.78 is 4.39. The van der Waals surface area contributed by atoms with E-state index in [4.69, 9.17) is 0 Å². The summed E-state index contributed by atoms with van der Waals surface area (Å²) in [5.41, 5.74) is 0. The summed E-state index contributed by atoms with van der Waals surface area (Å²) in [4.78, 5) is 3.75. The van der Waals surface area contributed by atoms with Crippen LogP contribution in [0, 0.1) is 0 Å². The van der Waals surface area contributed by atoms with Gasteiger partial charge in [-0.2, -0.15) is 4.37 Å². The second-order valence-electron chi connectivity index (χ2n) is 0.877. The van der Waals surface area contributed by atoms with E-state index in [1.165, 1.54) is 11.5 Å². The van der Waals surface area contributed by atoms with E-state index in [-0.39, 0.29) is 29.6 Å². The molecule has 1 radical (unpaired) electrons. The Bertz CT molecular complexity index is 148. The number of aromatic nitrogens is 2. The van der Waals surface area contributed by atoms with Gasteiger partial charge in [-0.1, -0.05) is 0 Å². The second-order valence-corrected chi connectivity index (χ2v) is 2.75. The first kappa shape index (κ1) is 9.26. The average molecular weight is 173 g/mol. The van der Waals surface area contributed by atoms with Gasteiger partial charge in [-0.15, -0.1) is 25.3 Å². The molecule has 0 saturated heterocycles. The van der Waals surface area contributed by atoms with E-state index in [1.807, 2.05) is 0 Å². The van der Waals surface area contributed by atoms with Crippen LogP contribution in [0.25, 0.3) is 0 Å². The van der Waals surface area contributed by atoms with Gasteiger partial charge in [0.25, 0.3) is 0 Å². The molecule has 0 unspecified atom stereocenters. The molecule has 0 aliphatic rings. The fourth-order valence-corrected chi connectivity index (χ4v) is 1.13. The minimum atomic E-state index is 0. The fraction of sp³-hybridized carbons (Fsp3) is 0. The molecule has 0 saturated carbocycles. The van der Waals surface area contributed by atoms with E-state index in [0.717, 1.165) is 0 Å². The summed E-state index contributed by atoms with van der Waals surface area (Å²) in [6.07, 6.45) is 0. The molecule has 6 heteroatoms. The van der Waals surface area contributed by atoms with E-state index in [1.54, 1.807) is 0 Å². The van der Waals surface area contributed by atoms with Gasteiger partial charge in [0, 0.05) is 29.6 Å². The minimum absolute atomic E-state index is 0. The topological polar surface area (TPSA) is 25.8 Å². The van der Waals surface area contributed by atoms with Crippen LogP contribution in [-0.2, 0) is 0 Å². The van der Waals surface area contributed by atoms with E-state index < -0.39 is 0 Å². The Kier molecular flexibility index (Phi) is 4.79. The standard InChI is InChI=1S/C2H2N2S3.Na/c5-1-3-2(6)7-4-1;/h(H2,3,4,5,6);. The van der Waals surface area contributed by atoms with E-state index in [9.17, 15) is 0 Å². The molecular formula is C2H2N2NaS3. The Labute approximate surface area is 84.4 Å². The molecule has 0 N–H and O–H groups in total. The molecule has 1 heterocycles. The van der Waals surface area contributed by atoms with Gasteiger partial charge in [-0.05, 0) is 11.5 Å². The summed E-state index contributed by atoms with van der Waals surface area (Å²) in [6.45, 7) is 0. The molecule has 0 atom stereocenters. The summed E-state index contributed by atoms with van der Waals surface area (Å²) in [5, 5.41) is 0.495. The van der Waals surface area contributed by atoms with Crippen LogP contribution >= 0.6 is 36.8 Å². The third-order valence-corrected chi connectivity index (χ3v) is 1.60. The van der Waals surface area contributed by atoms with Gasteiger partial charge in [0.05, 0.1) is 0 Å². The van der Waals surface area contributed by atoms with Crippen LogP contribution < -0.4 is 0 Å². The van der Waals surface area contributed by atoms with Crippen molar-refractivity contribution in [2.24, 2.45) is 0 Å². The number of hydrogen-bond donors (Lipinski definition) is 2. The van der Waals surface area contributed by atoms with Crippen LogP contribution in [0.3, 0.4) is 0 Å². The monoisotopic (exact) mass is 173 g/mol. The van der Waals surface area contributed by atoms with Crippen molar-refractivity contribution in [3.8, 4) is 0 Å². The fourth-order valence-electron chi connectivity index (χ4n) is 0.208. The van der Waals surface area contributed by atoms with Crippen LogP contribution in [0.2, 0.25) is 0 Å². The molecule has 0 amide bonds. The molecule has 1 aromatic rings. The first-order chi connectivity index (χ1) is 3.29. The molecule has 1 rings (SSSR count). The van der Waals surface area contributed by atoms with Gasteiger partial charge in [-0.3, -0.25) is 0 Å². The summed E-state index contributed by atoms with van der Waals surface area (Å²) in [5.74, 6) is 0. The largest absolute Gasteiger partial charge is 0.203 e. The maximum absolute atomic E-state index is 3.90. The van der Waals surface area contributed by atoms with Crippen molar-refractivity contribution < 1.29 is 0 Å². The Balaban J connectivity index is 0.000000490. The Morgan fingerprint density at radius 1 is 1.38 bits per heavy atom. The Hall–Kier alpha value is 1.26. The van der Waals surface area contributed by atoms with Crippen molar-refractivity contribution in [3.63, 3.8) is 0 Å². The summed E-state index contributed by atoms with van der Waals surface area (Å²) in [6, 6.07) is 0. The van der Waals surface area contributed by atoms with Crippen LogP contribution in [0.15, 0.2) is 9.50 Å². The number of thiol groups is 2. The first-order valence-electron chi connectivity index (χ1n) is 1.50. The third kappa shape index (κ3) is 2.70. The van der Waals surface area contributed by atoms with E-state index in [2.05, 4.69) is 34.6 Å². The number of nitrogens with zero attached hydrogens (tertiary/aromatic N) is 2. The first-order valence-corrected chi connectivity index (χ1v) is 3.17. The van der Waals surface area contributed by atoms with Gasteiger partial charge in [0.15, 0.2) is 9.50 Å². The van der Waals surface area contributed by atoms with Crippen LogP contribution in [0.1, 0.15) is 0 Å². The zero-order valence-electron chi connectivity index (χ0n) is 4.20. The Morgan fingerprint density at radius 3 is 2.12 bits per heavy atom. The predicted molar refractivity (Wildman–Crippen MR) is 40.2 cm³/mol. The van der Waals surface area contributed by atoms with Gasteiger partial charge >= 0.3 is 0 Å². The van der Waals surface area contributed by atoms with Crippen molar-refractivity contribution in [1.82, 2.24) is 9.36 Å². The molecule has 8 heavy (non-hydrogen) atoms. The molecule has 0 aromatic carbocycles.